The number of rotatable bonds is 1. The molecule has 3 rings (SSSR count). The van der Waals surface area contributed by atoms with Gasteiger partial charge in [0.25, 0.3) is 0 Å². The van der Waals surface area contributed by atoms with Gasteiger partial charge in [0.05, 0.1) is 15.5 Å². The topological polar surface area (TPSA) is 43.8 Å². The van der Waals surface area contributed by atoms with Gasteiger partial charge in [-0.25, -0.2) is 9.37 Å². The second kappa shape index (κ2) is 4.47. The lowest BCUT2D eigenvalue weighted by Crippen LogP contribution is -2.16. The van der Waals surface area contributed by atoms with E-state index in [2.05, 4.69) is 34.8 Å². The fraction of sp³-hybridized carbons (Fsp3) is 0.500. The van der Waals surface area contributed by atoms with Crippen LogP contribution in [0.25, 0.3) is 11.0 Å². The van der Waals surface area contributed by atoms with Crippen LogP contribution in [-0.2, 0) is 0 Å². The van der Waals surface area contributed by atoms with Gasteiger partial charge in [0.1, 0.15) is 5.82 Å². The molecule has 102 valence electrons. The zero-order chi connectivity index (χ0) is 13.7. The normalized spacial score (nSPS) is 27.3. The molecule has 1 aliphatic carbocycles. The maximum Gasteiger partial charge on any atom is 0.201 e. The standard InChI is InChI=1S/C14H17BrFN3/c1-7-3-4-12(8(7)2)19-13-6-10(16)9(15)5-11(13)18-14(19)17/h5-8,12H,3-4H2,1-2H3,(H2,17,18). The smallest absolute Gasteiger partial charge is 0.201 e. The number of hydrogen-bond acceptors (Lipinski definition) is 2. The predicted octanol–water partition coefficient (Wildman–Crippen LogP) is 4.13. The first-order valence-electron chi connectivity index (χ1n) is 6.61. The summed E-state index contributed by atoms with van der Waals surface area (Å²) in [5.41, 5.74) is 7.60. The van der Waals surface area contributed by atoms with E-state index in [1.807, 2.05) is 4.57 Å². The Hall–Kier alpha value is -1.10. The van der Waals surface area contributed by atoms with Gasteiger partial charge in [-0.15, -0.1) is 0 Å². The van der Waals surface area contributed by atoms with E-state index in [-0.39, 0.29) is 5.82 Å². The first-order valence-corrected chi connectivity index (χ1v) is 7.40. The Bertz CT molecular complexity index is 637. The van der Waals surface area contributed by atoms with E-state index in [0.717, 1.165) is 17.5 Å². The van der Waals surface area contributed by atoms with Crippen molar-refractivity contribution in [2.75, 3.05) is 5.73 Å². The summed E-state index contributed by atoms with van der Waals surface area (Å²) in [5.74, 6) is 1.42. The highest BCUT2D eigenvalue weighted by Gasteiger charge is 2.33. The molecule has 3 unspecified atom stereocenters. The van der Waals surface area contributed by atoms with Crippen LogP contribution in [0.2, 0.25) is 0 Å². The minimum atomic E-state index is -0.271. The van der Waals surface area contributed by atoms with Gasteiger partial charge in [0.2, 0.25) is 5.95 Å². The van der Waals surface area contributed by atoms with Gasteiger partial charge in [0, 0.05) is 12.1 Å². The van der Waals surface area contributed by atoms with Gasteiger partial charge in [0.15, 0.2) is 0 Å². The van der Waals surface area contributed by atoms with Crippen LogP contribution in [0.3, 0.4) is 0 Å². The van der Waals surface area contributed by atoms with Crippen LogP contribution < -0.4 is 5.73 Å². The van der Waals surface area contributed by atoms with Crippen molar-refractivity contribution in [2.24, 2.45) is 11.8 Å². The van der Waals surface area contributed by atoms with Gasteiger partial charge in [-0.3, -0.25) is 0 Å². The van der Waals surface area contributed by atoms with E-state index < -0.39 is 0 Å². The van der Waals surface area contributed by atoms with Crippen molar-refractivity contribution in [3.05, 3.63) is 22.4 Å². The van der Waals surface area contributed by atoms with Crippen LogP contribution in [0.15, 0.2) is 16.6 Å². The fourth-order valence-electron chi connectivity index (χ4n) is 3.16. The number of benzene rings is 1. The Balaban J connectivity index is 2.18. The van der Waals surface area contributed by atoms with E-state index in [1.54, 1.807) is 6.07 Å². The quantitative estimate of drug-likeness (QED) is 0.856. The van der Waals surface area contributed by atoms with Crippen molar-refractivity contribution in [1.29, 1.82) is 0 Å². The third-order valence-electron chi connectivity index (χ3n) is 4.51. The minimum Gasteiger partial charge on any atom is -0.369 e. The molecule has 0 radical (unpaired) electrons. The Labute approximate surface area is 120 Å². The molecular weight excluding hydrogens is 309 g/mol. The van der Waals surface area contributed by atoms with Crippen LogP contribution in [0.1, 0.15) is 32.7 Å². The maximum atomic E-state index is 13.8. The lowest BCUT2D eigenvalue weighted by atomic mass is 9.97. The highest BCUT2D eigenvalue weighted by atomic mass is 79.9. The van der Waals surface area contributed by atoms with E-state index in [9.17, 15) is 4.39 Å². The number of halogens is 2. The molecule has 0 bridgehead atoms. The first kappa shape index (κ1) is 12.9. The second-order valence-corrected chi connectivity index (χ2v) is 6.43. The van der Waals surface area contributed by atoms with Gasteiger partial charge >= 0.3 is 0 Å². The Morgan fingerprint density at radius 1 is 1.37 bits per heavy atom. The lowest BCUT2D eigenvalue weighted by molar-refractivity contribution is 0.361. The SMILES string of the molecule is CC1CCC(n2c(N)nc3cc(Br)c(F)cc32)C1C. The van der Waals surface area contributed by atoms with Crippen molar-refractivity contribution in [2.45, 2.75) is 32.7 Å². The number of nitrogens with zero attached hydrogens (tertiary/aromatic N) is 2. The number of imidazole rings is 1. The highest BCUT2D eigenvalue weighted by molar-refractivity contribution is 9.10. The van der Waals surface area contributed by atoms with Gasteiger partial charge in [-0.1, -0.05) is 13.8 Å². The third kappa shape index (κ3) is 1.95. The van der Waals surface area contributed by atoms with Gasteiger partial charge in [-0.2, -0.15) is 0 Å². The predicted molar refractivity (Wildman–Crippen MR) is 78.4 cm³/mol. The average molecular weight is 326 g/mol. The third-order valence-corrected chi connectivity index (χ3v) is 5.12. The molecule has 1 aromatic heterocycles. The molecule has 3 nitrogen and oxygen atoms in total. The van der Waals surface area contributed by atoms with Crippen molar-refractivity contribution in [3.8, 4) is 0 Å². The number of anilines is 1. The summed E-state index contributed by atoms with van der Waals surface area (Å²) in [7, 11) is 0. The summed E-state index contributed by atoms with van der Waals surface area (Å²) in [4.78, 5) is 4.36. The molecule has 1 saturated carbocycles. The molecule has 19 heavy (non-hydrogen) atoms. The van der Waals surface area contributed by atoms with Crippen molar-refractivity contribution >= 4 is 32.9 Å². The number of hydrogen-bond donors (Lipinski definition) is 1. The molecule has 2 N–H and O–H groups in total. The average Bonchev–Trinajstić information content (AvgIpc) is 2.82. The Morgan fingerprint density at radius 2 is 2.11 bits per heavy atom. The monoisotopic (exact) mass is 325 g/mol. The Morgan fingerprint density at radius 3 is 2.74 bits per heavy atom. The summed E-state index contributed by atoms with van der Waals surface area (Å²) in [6.07, 6.45) is 2.26. The summed E-state index contributed by atoms with van der Waals surface area (Å²) < 4.78 is 16.2. The molecule has 0 spiro atoms. The van der Waals surface area contributed by atoms with Crippen LogP contribution in [0.5, 0.6) is 0 Å². The van der Waals surface area contributed by atoms with E-state index in [0.29, 0.717) is 28.3 Å². The number of nitrogen functional groups attached to an aromatic ring is 1. The van der Waals surface area contributed by atoms with Crippen LogP contribution >= 0.6 is 15.9 Å². The highest BCUT2D eigenvalue weighted by Crippen LogP contribution is 2.42. The molecule has 1 fully saturated rings. The molecule has 0 aliphatic heterocycles. The van der Waals surface area contributed by atoms with Crippen molar-refractivity contribution in [1.82, 2.24) is 9.55 Å². The van der Waals surface area contributed by atoms with Crippen LogP contribution in [0.4, 0.5) is 10.3 Å². The zero-order valence-corrected chi connectivity index (χ0v) is 12.6. The van der Waals surface area contributed by atoms with E-state index >= 15 is 0 Å². The summed E-state index contributed by atoms with van der Waals surface area (Å²) in [6.45, 7) is 4.50. The molecule has 1 aromatic carbocycles. The van der Waals surface area contributed by atoms with Crippen LogP contribution in [0, 0.1) is 17.7 Å². The lowest BCUT2D eigenvalue weighted by Gasteiger charge is -2.21. The summed E-state index contributed by atoms with van der Waals surface area (Å²) in [6, 6.07) is 3.54. The molecule has 2 aromatic rings. The molecule has 0 saturated heterocycles. The van der Waals surface area contributed by atoms with Gasteiger partial charge < -0.3 is 10.3 Å². The number of aromatic nitrogens is 2. The molecule has 0 amide bonds. The fourth-order valence-corrected chi connectivity index (χ4v) is 3.49. The second-order valence-electron chi connectivity index (χ2n) is 5.58. The maximum absolute atomic E-state index is 13.8. The summed E-state index contributed by atoms with van der Waals surface area (Å²) in [5, 5.41) is 0. The minimum absolute atomic E-state index is 0.271. The molecule has 1 heterocycles. The van der Waals surface area contributed by atoms with Gasteiger partial charge in [-0.05, 0) is 46.7 Å². The van der Waals surface area contributed by atoms with E-state index in [4.69, 9.17) is 5.73 Å². The number of nitrogens with two attached hydrogens (primary N) is 1. The molecule has 5 heteroatoms. The van der Waals surface area contributed by atoms with Crippen LogP contribution in [-0.4, -0.2) is 9.55 Å². The Kier molecular flexibility index (Phi) is 3.04. The van der Waals surface area contributed by atoms with Crippen molar-refractivity contribution in [3.63, 3.8) is 0 Å². The summed E-state index contributed by atoms with van der Waals surface area (Å²) >= 11 is 3.19. The van der Waals surface area contributed by atoms with Crippen molar-refractivity contribution < 1.29 is 4.39 Å². The zero-order valence-electron chi connectivity index (χ0n) is 11.0. The molecule has 3 atom stereocenters. The molecule has 1 aliphatic rings. The number of fused-ring (bicyclic) bond motifs is 1. The first-order chi connectivity index (χ1) is 8.99. The largest absolute Gasteiger partial charge is 0.369 e. The van der Waals surface area contributed by atoms with E-state index in [1.165, 1.54) is 12.5 Å². The molecular formula is C14H17BrFN3.